The van der Waals surface area contributed by atoms with Crippen LogP contribution in [0.3, 0.4) is 0 Å². The summed E-state index contributed by atoms with van der Waals surface area (Å²) in [5.41, 5.74) is 0. The molecule has 0 saturated carbocycles. The van der Waals surface area contributed by atoms with Gasteiger partial charge in [-0.25, -0.2) is 0 Å². The van der Waals surface area contributed by atoms with Crippen molar-refractivity contribution in [1.82, 2.24) is 0 Å². The number of unbranched alkanes of at least 4 members (excludes halogenated alkanes) is 9. The third-order valence-corrected chi connectivity index (χ3v) is 5.62. The molecule has 0 bridgehead atoms. The fourth-order valence-electron chi connectivity index (χ4n) is 4.00. The molecule has 23 heavy (non-hydrogen) atoms. The lowest BCUT2D eigenvalue weighted by Gasteiger charge is -2.23. The number of hydrogen-bond donors (Lipinski definition) is 0. The molecule has 0 N–H and O–H groups in total. The summed E-state index contributed by atoms with van der Waals surface area (Å²) in [5, 5.41) is 0. The maximum Gasteiger partial charge on any atom is -0.0412 e. The molecule has 0 rings (SSSR count). The van der Waals surface area contributed by atoms with E-state index in [0.29, 0.717) is 0 Å². The van der Waals surface area contributed by atoms with E-state index in [1.165, 1.54) is 109 Å². The normalized spacial score (nSPS) is 14.1. The summed E-state index contributed by atoms with van der Waals surface area (Å²) in [6.07, 6.45) is 24.7. The van der Waals surface area contributed by atoms with E-state index in [0.717, 1.165) is 11.8 Å². The molecule has 0 aromatic rings. The second kappa shape index (κ2) is 18.3. The van der Waals surface area contributed by atoms with Gasteiger partial charge in [0.25, 0.3) is 0 Å². The second-order valence-electron chi connectivity index (χ2n) is 7.92. The molecule has 0 aromatic carbocycles. The fourth-order valence-corrected chi connectivity index (χ4v) is 4.00. The Morgan fingerprint density at radius 3 is 1.39 bits per heavy atom. The smallest absolute Gasteiger partial charge is 0.0412 e. The lowest BCUT2D eigenvalue weighted by Crippen LogP contribution is -2.09. The van der Waals surface area contributed by atoms with Crippen LogP contribution in [0.2, 0.25) is 0 Å². The van der Waals surface area contributed by atoms with Gasteiger partial charge in [0.15, 0.2) is 0 Å². The summed E-state index contributed by atoms with van der Waals surface area (Å²) < 4.78 is 0. The van der Waals surface area contributed by atoms with Crippen molar-refractivity contribution in [1.29, 1.82) is 0 Å². The van der Waals surface area contributed by atoms with Crippen LogP contribution in [-0.2, 0) is 0 Å². The van der Waals surface area contributed by atoms with Crippen LogP contribution in [0, 0.1) is 11.8 Å². The quantitative estimate of drug-likeness (QED) is 0.221. The van der Waals surface area contributed by atoms with Crippen LogP contribution in [0.5, 0.6) is 0 Å². The Labute approximate surface area is 149 Å². The zero-order chi connectivity index (χ0) is 17.2. The Balaban J connectivity index is 3.85. The Morgan fingerprint density at radius 1 is 0.435 bits per heavy atom. The molecule has 140 valence electrons. The van der Waals surface area contributed by atoms with E-state index in [1.54, 1.807) is 0 Å². The topological polar surface area (TPSA) is 0 Å². The first kappa shape index (κ1) is 23.0. The molecule has 0 saturated heterocycles. The van der Waals surface area contributed by atoms with Crippen molar-refractivity contribution in [3.63, 3.8) is 0 Å². The van der Waals surface area contributed by atoms with Gasteiger partial charge >= 0.3 is 0 Å². The third-order valence-electron chi connectivity index (χ3n) is 5.62. The Hall–Kier alpha value is 0. The second-order valence-corrected chi connectivity index (χ2v) is 7.92. The zero-order valence-corrected chi connectivity index (χ0v) is 17.2. The highest BCUT2D eigenvalue weighted by molar-refractivity contribution is 4.67. The van der Waals surface area contributed by atoms with Gasteiger partial charge in [0.2, 0.25) is 0 Å². The van der Waals surface area contributed by atoms with E-state index < -0.39 is 0 Å². The summed E-state index contributed by atoms with van der Waals surface area (Å²) in [7, 11) is 0. The largest absolute Gasteiger partial charge is 0.0654 e. The molecular formula is C23H48. The maximum atomic E-state index is 2.42. The van der Waals surface area contributed by atoms with Crippen LogP contribution in [0.25, 0.3) is 0 Å². The predicted octanol–water partition coefficient (Wildman–Crippen LogP) is 8.93. The van der Waals surface area contributed by atoms with Crippen molar-refractivity contribution >= 4 is 0 Å². The molecular weight excluding hydrogens is 276 g/mol. The lowest BCUT2D eigenvalue weighted by atomic mass is 9.83. The molecule has 0 heterocycles. The molecule has 0 heteroatoms. The van der Waals surface area contributed by atoms with Gasteiger partial charge in [-0.2, -0.15) is 0 Å². The van der Waals surface area contributed by atoms with Crippen molar-refractivity contribution in [2.24, 2.45) is 11.8 Å². The minimum Gasteiger partial charge on any atom is -0.0654 e. The minimum absolute atomic E-state index is 1.01. The molecule has 0 amide bonds. The molecule has 0 aliphatic heterocycles. The molecule has 0 nitrogen and oxygen atoms in total. The van der Waals surface area contributed by atoms with Gasteiger partial charge in [-0.1, -0.05) is 130 Å². The molecule has 2 unspecified atom stereocenters. The zero-order valence-electron chi connectivity index (χ0n) is 17.2. The van der Waals surface area contributed by atoms with E-state index in [-0.39, 0.29) is 0 Å². The average molecular weight is 325 g/mol. The van der Waals surface area contributed by atoms with Crippen molar-refractivity contribution < 1.29 is 0 Å². The third kappa shape index (κ3) is 15.3. The highest BCUT2D eigenvalue weighted by atomic mass is 14.2. The number of rotatable bonds is 18. The van der Waals surface area contributed by atoms with Gasteiger partial charge in [0, 0.05) is 0 Å². The minimum atomic E-state index is 1.01. The first-order chi connectivity index (χ1) is 11.3. The first-order valence-electron chi connectivity index (χ1n) is 11.3. The summed E-state index contributed by atoms with van der Waals surface area (Å²) in [6.45, 7) is 9.42. The van der Waals surface area contributed by atoms with Gasteiger partial charge in [-0.3, -0.25) is 0 Å². The van der Waals surface area contributed by atoms with Crippen LogP contribution < -0.4 is 0 Å². The van der Waals surface area contributed by atoms with Gasteiger partial charge in [-0.05, 0) is 18.3 Å². The van der Waals surface area contributed by atoms with Crippen LogP contribution in [-0.4, -0.2) is 0 Å². The van der Waals surface area contributed by atoms with Crippen LogP contribution >= 0.6 is 0 Å². The van der Waals surface area contributed by atoms with E-state index in [4.69, 9.17) is 0 Å². The van der Waals surface area contributed by atoms with Crippen molar-refractivity contribution in [3.05, 3.63) is 0 Å². The van der Waals surface area contributed by atoms with E-state index >= 15 is 0 Å². The summed E-state index contributed by atoms with van der Waals surface area (Å²) in [5.74, 6) is 2.03. The van der Waals surface area contributed by atoms with Gasteiger partial charge < -0.3 is 0 Å². The highest BCUT2D eigenvalue weighted by Gasteiger charge is 2.14. The number of hydrogen-bond acceptors (Lipinski definition) is 0. The van der Waals surface area contributed by atoms with E-state index in [9.17, 15) is 0 Å². The molecule has 0 radical (unpaired) electrons. The van der Waals surface area contributed by atoms with E-state index in [1.807, 2.05) is 0 Å². The monoisotopic (exact) mass is 324 g/mol. The van der Waals surface area contributed by atoms with Gasteiger partial charge in [-0.15, -0.1) is 0 Å². The molecule has 0 fully saturated rings. The Kier molecular flexibility index (Phi) is 18.3. The van der Waals surface area contributed by atoms with Crippen LogP contribution in [0.1, 0.15) is 137 Å². The molecule has 0 aromatic heterocycles. The Morgan fingerprint density at radius 2 is 0.913 bits per heavy atom. The molecule has 0 aliphatic carbocycles. The molecule has 2 atom stereocenters. The van der Waals surface area contributed by atoms with Gasteiger partial charge in [0.1, 0.15) is 0 Å². The molecule has 0 spiro atoms. The Bertz CT molecular complexity index is 208. The van der Waals surface area contributed by atoms with Crippen molar-refractivity contribution in [3.8, 4) is 0 Å². The lowest BCUT2D eigenvalue weighted by molar-refractivity contribution is 0.299. The van der Waals surface area contributed by atoms with Crippen LogP contribution in [0.15, 0.2) is 0 Å². The average Bonchev–Trinajstić information content (AvgIpc) is 2.56. The molecule has 0 aliphatic rings. The standard InChI is InChI=1S/C23H48/c1-5-9-11-13-15-16-19-22(8-4)21-23(18-7-3)20-17-14-12-10-6-2/h22-23H,5-21H2,1-4H3. The maximum absolute atomic E-state index is 2.42. The summed E-state index contributed by atoms with van der Waals surface area (Å²) in [4.78, 5) is 0. The fraction of sp³-hybridized carbons (Fsp3) is 1.00. The van der Waals surface area contributed by atoms with Crippen molar-refractivity contribution in [2.45, 2.75) is 137 Å². The summed E-state index contributed by atoms with van der Waals surface area (Å²) >= 11 is 0. The van der Waals surface area contributed by atoms with Crippen molar-refractivity contribution in [2.75, 3.05) is 0 Å². The van der Waals surface area contributed by atoms with Gasteiger partial charge in [0.05, 0.1) is 0 Å². The first-order valence-corrected chi connectivity index (χ1v) is 11.3. The highest BCUT2D eigenvalue weighted by Crippen LogP contribution is 2.28. The van der Waals surface area contributed by atoms with Crippen LogP contribution in [0.4, 0.5) is 0 Å². The van der Waals surface area contributed by atoms with E-state index in [2.05, 4.69) is 27.7 Å². The predicted molar refractivity (Wildman–Crippen MR) is 108 cm³/mol. The SMILES string of the molecule is CCCCCCCCC(CC)CC(CCC)CCCCCCC. The summed E-state index contributed by atoms with van der Waals surface area (Å²) in [6, 6.07) is 0.